The fourth-order valence-corrected chi connectivity index (χ4v) is 5.34. The van der Waals surface area contributed by atoms with Gasteiger partial charge in [0, 0.05) is 23.5 Å². The Bertz CT molecular complexity index is 881. The van der Waals surface area contributed by atoms with E-state index in [-0.39, 0.29) is 16.8 Å². The summed E-state index contributed by atoms with van der Waals surface area (Å²) >= 11 is 3.32. The molecule has 0 aliphatic carbocycles. The van der Waals surface area contributed by atoms with Crippen LogP contribution in [0, 0.1) is 0 Å². The molecule has 1 amide bonds. The number of halogens is 1. The van der Waals surface area contributed by atoms with Crippen molar-refractivity contribution in [3.8, 4) is 0 Å². The lowest BCUT2D eigenvalue weighted by atomic mass is 10.0. The maximum absolute atomic E-state index is 13.1. The molecule has 1 aromatic carbocycles. The Morgan fingerprint density at radius 1 is 1.29 bits per heavy atom. The number of hydrogen-bond donors (Lipinski definition) is 1. The van der Waals surface area contributed by atoms with Crippen LogP contribution >= 0.6 is 15.9 Å². The van der Waals surface area contributed by atoms with Gasteiger partial charge in [0.2, 0.25) is 15.9 Å². The molecule has 3 rings (SSSR count). The van der Waals surface area contributed by atoms with Crippen molar-refractivity contribution >= 4 is 31.9 Å². The number of carbonyl (C=O) groups is 1. The van der Waals surface area contributed by atoms with Crippen molar-refractivity contribution in [3.63, 3.8) is 0 Å². The maximum Gasteiger partial charge on any atom is 0.243 e. The summed E-state index contributed by atoms with van der Waals surface area (Å²) in [6.45, 7) is 2.29. The highest BCUT2D eigenvalue weighted by atomic mass is 79.9. The lowest BCUT2D eigenvalue weighted by Gasteiger charge is -2.34. The number of benzene rings is 1. The molecule has 0 bridgehead atoms. The average molecular weight is 469 g/mol. The third kappa shape index (κ3) is 5.04. The first-order valence-corrected chi connectivity index (χ1v) is 11.7. The molecular formula is C20H25BrN2O4S. The minimum Gasteiger partial charge on any atom is -0.469 e. The van der Waals surface area contributed by atoms with Crippen molar-refractivity contribution in [1.82, 2.24) is 9.62 Å². The van der Waals surface area contributed by atoms with Crippen LogP contribution in [0.15, 0.2) is 56.4 Å². The molecule has 1 saturated heterocycles. The summed E-state index contributed by atoms with van der Waals surface area (Å²) in [4.78, 5) is 13.1. The predicted octanol–water partition coefficient (Wildman–Crippen LogP) is 3.72. The minimum absolute atomic E-state index is 0.0724. The molecule has 0 saturated carbocycles. The first kappa shape index (κ1) is 21.1. The van der Waals surface area contributed by atoms with Gasteiger partial charge < -0.3 is 9.73 Å². The van der Waals surface area contributed by atoms with Crippen molar-refractivity contribution in [2.75, 3.05) is 6.54 Å². The van der Waals surface area contributed by atoms with Crippen LogP contribution in [0.4, 0.5) is 0 Å². The Morgan fingerprint density at radius 2 is 2.04 bits per heavy atom. The second-order valence-corrected chi connectivity index (χ2v) is 9.92. The number of aryl methyl sites for hydroxylation is 1. The smallest absolute Gasteiger partial charge is 0.243 e. The Balaban J connectivity index is 1.68. The number of furan rings is 1. The highest BCUT2D eigenvalue weighted by molar-refractivity contribution is 9.10. The van der Waals surface area contributed by atoms with E-state index in [0.717, 1.165) is 35.9 Å². The molecule has 6 nitrogen and oxygen atoms in total. The van der Waals surface area contributed by atoms with Crippen LogP contribution < -0.4 is 5.32 Å². The fourth-order valence-electron chi connectivity index (χ4n) is 3.42. The molecule has 152 valence electrons. The van der Waals surface area contributed by atoms with E-state index in [1.165, 1.54) is 4.31 Å². The fraction of sp³-hybridized carbons (Fsp3) is 0.450. The summed E-state index contributed by atoms with van der Waals surface area (Å²) in [7, 11) is -3.72. The van der Waals surface area contributed by atoms with Gasteiger partial charge in [0.05, 0.1) is 11.2 Å². The summed E-state index contributed by atoms with van der Waals surface area (Å²) in [5.41, 5.74) is 0. The topological polar surface area (TPSA) is 79.6 Å². The van der Waals surface area contributed by atoms with Gasteiger partial charge in [-0.1, -0.05) is 22.4 Å². The SMILES string of the molecule is CC(CCc1ccco1)NC(=O)C1CCCCN1S(=O)(=O)c1ccc(Br)cc1. The summed E-state index contributed by atoms with van der Waals surface area (Å²) < 4.78 is 33.7. The van der Waals surface area contributed by atoms with Gasteiger partial charge in [-0.2, -0.15) is 4.31 Å². The molecule has 2 aromatic rings. The van der Waals surface area contributed by atoms with Crippen LogP contribution in [0.5, 0.6) is 0 Å². The van der Waals surface area contributed by atoms with E-state index in [9.17, 15) is 13.2 Å². The third-order valence-corrected chi connectivity index (χ3v) is 7.42. The molecule has 2 atom stereocenters. The second kappa shape index (κ2) is 9.24. The zero-order valence-corrected chi connectivity index (χ0v) is 18.2. The number of sulfonamides is 1. The van der Waals surface area contributed by atoms with E-state index in [0.29, 0.717) is 13.0 Å². The Morgan fingerprint density at radius 3 is 2.71 bits per heavy atom. The van der Waals surface area contributed by atoms with Crippen molar-refractivity contribution in [2.45, 2.75) is 56.0 Å². The molecule has 2 heterocycles. The first-order chi connectivity index (χ1) is 13.4. The Kier molecular flexibility index (Phi) is 6.95. The van der Waals surface area contributed by atoms with Crippen LogP contribution in [0.3, 0.4) is 0 Å². The molecule has 0 radical (unpaired) electrons. The number of rotatable bonds is 7. The van der Waals surface area contributed by atoms with Crippen molar-refractivity contribution in [3.05, 3.63) is 52.9 Å². The van der Waals surface area contributed by atoms with Gasteiger partial charge in [-0.15, -0.1) is 0 Å². The molecule has 1 aliphatic rings. The number of carbonyl (C=O) groups excluding carboxylic acids is 1. The van der Waals surface area contributed by atoms with Gasteiger partial charge in [0.1, 0.15) is 11.8 Å². The van der Waals surface area contributed by atoms with E-state index in [4.69, 9.17) is 4.42 Å². The summed E-state index contributed by atoms with van der Waals surface area (Å²) in [5, 5.41) is 2.98. The molecule has 1 fully saturated rings. The molecule has 0 spiro atoms. The van der Waals surface area contributed by atoms with Gasteiger partial charge >= 0.3 is 0 Å². The summed E-state index contributed by atoms with van der Waals surface area (Å²) in [5.74, 6) is 0.644. The normalized spacial score (nSPS) is 19.3. The van der Waals surface area contributed by atoms with Crippen molar-refractivity contribution in [1.29, 1.82) is 0 Å². The summed E-state index contributed by atoms with van der Waals surface area (Å²) in [6.07, 6.45) is 5.21. The van der Waals surface area contributed by atoms with Crippen LogP contribution in [0.2, 0.25) is 0 Å². The maximum atomic E-state index is 13.1. The highest BCUT2D eigenvalue weighted by Gasteiger charge is 2.37. The van der Waals surface area contributed by atoms with Crippen LogP contribution in [0.1, 0.15) is 38.4 Å². The molecule has 8 heteroatoms. The first-order valence-electron chi connectivity index (χ1n) is 9.48. The van der Waals surface area contributed by atoms with Gasteiger partial charge in [-0.25, -0.2) is 8.42 Å². The number of hydrogen-bond acceptors (Lipinski definition) is 4. The minimum atomic E-state index is -3.72. The Hall–Kier alpha value is -1.64. The quantitative estimate of drug-likeness (QED) is 0.671. The molecule has 28 heavy (non-hydrogen) atoms. The van der Waals surface area contributed by atoms with E-state index in [2.05, 4.69) is 21.2 Å². The van der Waals surface area contributed by atoms with Gasteiger partial charge in [0.25, 0.3) is 0 Å². The third-order valence-electron chi connectivity index (χ3n) is 4.97. The lowest BCUT2D eigenvalue weighted by Crippen LogP contribution is -2.53. The number of amides is 1. The van der Waals surface area contributed by atoms with Gasteiger partial charge in [-0.05, 0) is 62.6 Å². The van der Waals surface area contributed by atoms with Crippen LogP contribution in [-0.4, -0.2) is 37.3 Å². The van der Waals surface area contributed by atoms with Crippen LogP contribution in [-0.2, 0) is 21.2 Å². The van der Waals surface area contributed by atoms with Crippen molar-refractivity contribution in [2.24, 2.45) is 0 Å². The molecule has 1 aromatic heterocycles. The Labute approximate surface area is 174 Å². The van der Waals surface area contributed by atoms with Gasteiger partial charge in [-0.3, -0.25) is 4.79 Å². The van der Waals surface area contributed by atoms with Crippen molar-refractivity contribution < 1.29 is 17.6 Å². The number of piperidine rings is 1. The summed E-state index contributed by atoms with van der Waals surface area (Å²) in [6, 6.07) is 9.52. The predicted molar refractivity (Wildman–Crippen MR) is 110 cm³/mol. The molecule has 1 aliphatic heterocycles. The van der Waals surface area contributed by atoms with Crippen LogP contribution in [0.25, 0.3) is 0 Å². The van der Waals surface area contributed by atoms with E-state index < -0.39 is 16.1 Å². The standard InChI is InChI=1S/C20H25BrN2O4S/c1-15(7-10-17-5-4-14-27-17)22-20(24)19-6-2-3-13-23(19)28(25,26)18-11-8-16(21)9-12-18/h4-5,8-9,11-12,14-15,19H,2-3,6-7,10,13H2,1H3,(H,22,24). The molecular weight excluding hydrogens is 444 g/mol. The second-order valence-electron chi connectivity index (χ2n) is 7.11. The highest BCUT2D eigenvalue weighted by Crippen LogP contribution is 2.26. The van der Waals surface area contributed by atoms with Gasteiger partial charge in [0.15, 0.2) is 0 Å². The largest absolute Gasteiger partial charge is 0.469 e. The molecule has 2 unspecified atom stereocenters. The lowest BCUT2D eigenvalue weighted by molar-refractivity contribution is -0.126. The van der Waals surface area contributed by atoms with E-state index >= 15 is 0 Å². The molecule has 1 N–H and O–H groups in total. The number of nitrogens with one attached hydrogen (secondary N) is 1. The average Bonchev–Trinajstić information content (AvgIpc) is 3.20. The van der Waals surface area contributed by atoms with E-state index in [1.54, 1.807) is 30.5 Å². The number of nitrogens with zero attached hydrogens (tertiary/aromatic N) is 1. The zero-order chi connectivity index (χ0) is 20.1. The van der Waals surface area contributed by atoms with E-state index in [1.807, 2.05) is 19.1 Å². The zero-order valence-electron chi connectivity index (χ0n) is 15.8. The monoisotopic (exact) mass is 468 g/mol.